The van der Waals surface area contributed by atoms with Crippen LogP contribution in [0.3, 0.4) is 0 Å². The monoisotopic (exact) mass is 656 g/mol. The minimum atomic E-state index is 0.602. The highest BCUT2D eigenvalue weighted by atomic mass is 16.3. The van der Waals surface area contributed by atoms with E-state index in [1.54, 1.807) is 0 Å². The largest absolute Gasteiger partial charge is 0.456 e. The standard InChI is InChI=1S/C46H32N4O/c1-30(44-47-45(34-16-8-4-9-17-34)49-46(48-44)35-18-10-5-11-19-35)22-27-42-31(2)38-28-39-37-20-12-13-21-40(37)50(41(39)29-43(38)51-42)36-25-23-33(24-26-36)32-14-6-3-7-15-32/h3-29H,2H2,1H3/b30-22+,42-27+. The van der Waals surface area contributed by atoms with Gasteiger partial charge in [-0.15, -0.1) is 0 Å². The highest BCUT2D eigenvalue weighted by Gasteiger charge is 2.16. The van der Waals surface area contributed by atoms with Crippen LogP contribution < -0.4 is 10.6 Å². The lowest BCUT2D eigenvalue weighted by Crippen LogP contribution is -2.17. The topological polar surface area (TPSA) is 56.7 Å². The van der Waals surface area contributed by atoms with Gasteiger partial charge >= 0.3 is 0 Å². The van der Waals surface area contributed by atoms with E-state index in [-0.39, 0.29) is 0 Å². The van der Waals surface area contributed by atoms with E-state index in [9.17, 15) is 0 Å². The van der Waals surface area contributed by atoms with Crippen molar-refractivity contribution in [2.45, 2.75) is 6.92 Å². The average Bonchev–Trinajstić information content (AvgIpc) is 3.69. The maximum Gasteiger partial charge on any atom is 0.164 e. The van der Waals surface area contributed by atoms with Gasteiger partial charge in [-0.3, -0.25) is 0 Å². The number of hydrogen-bond acceptors (Lipinski definition) is 4. The number of furan rings is 1. The Balaban J connectivity index is 1.15. The number of benzene rings is 6. The molecule has 0 atom stereocenters. The van der Waals surface area contributed by atoms with Gasteiger partial charge in [-0.05, 0) is 54.0 Å². The van der Waals surface area contributed by atoms with Gasteiger partial charge in [0.1, 0.15) is 11.0 Å². The molecule has 0 saturated carbocycles. The van der Waals surface area contributed by atoms with Gasteiger partial charge in [0.25, 0.3) is 0 Å². The van der Waals surface area contributed by atoms with Crippen molar-refractivity contribution < 1.29 is 4.42 Å². The van der Waals surface area contributed by atoms with Gasteiger partial charge in [-0.2, -0.15) is 0 Å². The Kier molecular flexibility index (Phi) is 7.44. The zero-order valence-electron chi connectivity index (χ0n) is 28.0. The van der Waals surface area contributed by atoms with Crippen molar-refractivity contribution in [1.29, 1.82) is 0 Å². The van der Waals surface area contributed by atoms with Crippen molar-refractivity contribution in [1.82, 2.24) is 19.5 Å². The van der Waals surface area contributed by atoms with Gasteiger partial charge in [0.05, 0.1) is 11.0 Å². The molecular weight excluding hydrogens is 625 g/mol. The minimum Gasteiger partial charge on any atom is -0.456 e. The summed E-state index contributed by atoms with van der Waals surface area (Å²) in [6.45, 7) is 6.46. The summed E-state index contributed by atoms with van der Waals surface area (Å²) >= 11 is 0. The van der Waals surface area contributed by atoms with E-state index in [4.69, 9.17) is 19.4 Å². The Labute approximate surface area is 294 Å². The van der Waals surface area contributed by atoms with Crippen molar-refractivity contribution >= 4 is 51.0 Å². The molecule has 9 rings (SSSR count). The van der Waals surface area contributed by atoms with E-state index in [1.807, 2.05) is 85.8 Å². The van der Waals surface area contributed by atoms with Crippen molar-refractivity contribution in [2.24, 2.45) is 0 Å². The maximum atomic E-state index is 6.51. The number of nitrogens with zero attached hydrogens (tertiary/aromatic N) is 4. The molecule has 0 aliphatic carbocycles. The van der Waals surface area contributed by atoms with Crippen LogP contribution in [0.5, 0.6) is 0 Å². The SMILES string of the molecule is C=c1/c(=C\C=C(/C)c2nc(-c3ccccc3)nc(-c3ccccc3)n2)oc2cc3c(cc12)c1ccccc1n3-c1ccc(-c2ccccc2)cc1. The minimum absolute atomic E-state index is 0.602. The van der Waals surface area contributed by atoms with Crippen LogP contribution in [0.2, 0.25) is 0 Å². The molecule has 0 spiro atoms. The first-order chi connectivity index (χ1) is 25.1. The third kappa shape index (κ3) is 5.51. The summed E-state index contributed by atoms with van der Waals surface area (Å²) < 4.78 is 8.83. The van der Waals surface area contributed by atoms with Crippen molar-refractivity contribution in [3.05, 3.63) is 174 Å². The highest BCUT2D eigenvalue weighted by Crippen LogP contribution is 2.34. The molecular formula is C46H32N4O. The van der Waals surface area contributed by atoms with Gasteiger partial charge in [0.15, 0.2) is 17.5 Å². The van der Waals surface area contributed by atoms with Crippen molar-refractivity contribution in [2.75, 3.05) is 0 Å². The first-order valence-electron chi connectivity index (χ1n) is 17.0. The number of aromatic nitrogens is 4. The number of allylic oxidation sites excluding steroid dienone is 2. The average molecular weight is 657 g/mol. The molecule has 5 nitrogen and oxygen atoms in total. The number of para-hydroxylation sites is 1. The summed E-state index contributed by atoms with van der Waals surface area (Å²) in [5.74, 6) is 1.86. The van der Waals surface area contributed by atoms with E-state index in [0.717, 1.165) is 55.0 Å². The first kappa shape index (κ1) is 30.2. The third-order valence-corrected chi connectivity index (χ3v) is 9.39. The fraction of sp³-hybridized carbons (Fsp3) is 0.0217. The molecule has 242 valence electrons. The lowest BCUT2D eigenvalue weighted by Gasteiger charge is -2.09. The van der Waals surface area contributed by atoms with Gasteiger partial charge in [0, 0.05) is 44.3 Å². The van der Waals surface area contributed by atoms with Crippen LogP contribution in [0.25, 0.3) is 90.6 Å². The first-order valence-corrected chi connectivity index (χ1v) is 17.0. The van der Waals surface area contributed by atoms with Crippen LogP contribution in [0, 0.1) is 0 Å². The van der Waals surface area contributed by atoms with E-state index in [1.165, 1.54) is 16.5 Å². The predicted octanol–water partition coefficient (Wildman–Crippen LogP) is 10.0. The van der Waals surface area contributed by atoms with Crippen LogP contribution in [0.15, 0.2) is 162 Å². The van der Waals surface area contributed by atoms with Crippen molar-refractivity contribution in [3.8, 4) is 39.6 Å². The molecule has 0 unspecified atom stereocenters. The highest BCUT2D eigenvalue weighted by molar-refractivity contribution is 6.13. The summed E-state index contributed by atoms with van der Waals surface area (Å²) in [6, 6.07) is 52.1. The van der Waals surface area contributed by atoms with Crippen molar-refractivity contribution in [3.63, 3.8) is 0 Å². The Bertz CT molecular complexity index is 2800. The summed E-state index contributed by atoms with van der Waals surface area (Å²) in [5.41, 5.74) is 9.93. The smallest absolute Gasteiger partial charge is 0.164 e. The van der Waals surface area contributed by atoms with Gasteiger partial charge in [-0.1, -0.05) is 134 Å². The summed E-state index contributed by atoms with van der Waals surface area (Å²) in [4.78, 5) is 14.6. The predicted molar refractivity (Wildman–Crippen MR) is 210 cm³/mol. The molecule has 5 heteroatoms. The Morgan fingerprint density at radius 3 is 1.78 bits per heavy atom. The third-order valence-electron chi connectivity index (χ3n) is 9.39. The second-order valence-corrected chi connectivity index (χ2v) is 12.6. The van der Waals surface area contributed by atoms with Gasteiger partial charge < -0.3 is 8.98 Å². The van der Waals surface area contributed by atoms with Crippen LogP contribution >= 0.6 is 0 Å². The molecule has 0 amide bonds. The zero-order chi connectivity index (χ0) is 34.3. The quantitative estimate of drug-likeness (QED) is 0.179. The molecule has 0 fully saturated rings. The fourth-order valence-corrected chi connectivity index (χ4v) is 6.74. The Morgan fingerprint density at radius 2 is 1.14 bits per heavy atom. The molecule has 51 heavy (non-hydrogen) atoms. The van der Waals surface area contributed by atoms with E-state index in [2.05, 4.69) is 96.1 Å². The van der Waals surface area contributed by atoms with Crippen LogP contribution in [0.4, 0.5) is 0 Å². The zero-order valence-corrected chi connectivity index (χ0v) is 28.0. The molecule has 0 radical (unpaired) electrons. The van der Waals surface area contributed by atoms with Gasteiger partial charge in [-0.25, -0.2) is 15.0 Å². The summed E-state index contributed by atoms with van der Waals surface area (Å²) in [5, 5.41) is 4.16. The maximum absolute atomic E-state index is 6.51. The second-order valence-electron chi connectivity index (χ2n) is 12.6. The van der Waals surface area contributed by atoms with E-state index in [0.29, 0.717) is 22.9 Å². The van der Waals surface area contributed by atoms with Crippen LogP contribution in [-0.4, -0.2) is 19.5 Å². The second kappa shape index (κ2) is 12.6. The van der Waals surface area contributed by atoms with E-state index >= 15 is 0 Å². The van der Waals surface area contributed by atoms with Gasteiger partial charge in [0.2, 0.25) is 0 Å². The van der Waals surface area contributed by atoms with Crippen LogP contribution in [0.1, 0.15) is 12.7 Å². The number of rotatable bonds is 6. The Hall–Kier alpha value is -6.85. The molecule has 0 saturated heterocycles. The molecule has 3 heterocycles. The number of fused-ring (bicyclic) bond motifs is 4. The Morgan fingerprint density at radius 1 is 0.569 bits per heavy atom. The lowest BCUT2D eigenvalue weighted by atomic mass is 10.1. The fourth-order valence-electron chi connectivity index (χ4n) is 6.74. The van der Waals surface area contributed by atoms with Crippen LogP contribution in [-0.2, 0) is 0 Å². The van der Waals surface area contributed by atoms with E-state index < -0.39 is 0 Å². The summed E-state index contributed by atoms with van der Waals surface area (Å²) in [6.07, 6.45) is 3.96. The normalized spacial score (nSPS) is 12.3. The summed E-state index contributed by atoms with van der Waals surface area (Å²) in [7, 11) is 0. The molecule has 0 N–H and O–H groups in total. The molecule has 0 aliphatic heterocycles. The number of hydrogen-bond donors (Lipinski definition) is 0. The molecule has 0 bridgehead atoms. The lowest BCUT2D eigenvalue weighted by molar-refractivity contribution is 0.576. The molecule has 9 aromatic rings. The molecule has 6 aromatic carbocycles. The molecule has 3 aromatic heterocycles. The molecule has 0 aliphatic rings.